The van der Waals surface area contributed by atoms with E-state index in [1.54, 1.807) is 7.05 Å². The van der Waals surface area contributed by atoms with E-state index in [0.717, 1.165) is 27.5 Å². The second-order valence-electron chi connectivity index (χ2n) is 7.12. The molecule has 1 atom stereocenters. The summed E-state index contributed by atoms with van der Waals surface area (Å²) in [6.07, 6.45) is 4.22. The van der Waals surface area contributed by atoms with E-state index in [1.165, 1.54) is 6.92 Å². The number of hydrogen-bond donors (Lipinski definition) is 1. The van der Waals surface area contributed by atoms with Crippen molar-refractivity contribution in [3.63, 3.8) is 0 Å². The predicted molar refractivity (Wildman–Crippen MR) is 109 cm³/mol. The standard InChI is InChI=1S/C24H21NO2/c1-15(26)20-18-12-8-7-11-17(18)19-13-14-24(2,16-9-5-4-6-10-16)22(19)21(20)23(27)25-3/h4-14H,1-3H3,(H,25,27). The van der Waals surface area contributed by atoms with Crippen LogP contribution in [0.4, 0.5) is 0 Å². The van der Waals surface area contributed by atoms with Crippen LogP contribution in [0.5, 0.6) is 0 Å². The van der Waals surface area contributed by atoms with Crippen molar-refractivity contribution in [3.8, 4) is 0 Å². The zero-order chi connectivity index (χ0) is 19.2. The summed E-state index contributed by atoms with van der Waals surface area (Å²) in [4.78, 5) is 25.6. The summed E-state index contributed by atoms with van der Waals surface area (Å²) in [5.41, 5.74) is 3.50. The number of fused-ring (bicyclic) bond motifs is 3. The molecule has 0 fully saturated rings. The fourth-order valence-electron chi connectivity index (χ4n) is 4.25. The molecule has 0 bridgehead atoms. The third-order valence-electron chi connectivity index (χ3n) is 5.54. The summed E-state index contributed by atoms with van der Waals surface area (Å²) in [5.74, 6) is -0.331. The molecule has 1 amide bonds. The third-order valence-corrected chi connectivity index (χ3v) is 5.54. The molecule has 1 aliphatic rings. The summed E-state index contributed by atoms with van der Waals surface area (Å²) in [7, 11) is 1.61. The molecule has 134 valence electrons. The van der Waals surface area contributed by atoms with Gasteiger partial charge < -0.3 is 5.32 Å². The summed E-state index contributed by atoms with van der Waals surface area (Å²) in [6, 6.07) is 17.9. The third kappa shape index (κ3) is 2.42. The van der Waals surface area contributed by atoms with E-state index in [-0.39, 0.29) is 11.7 Å². The molecular formula is C24H21NO2. The van der Waals surface area contributed by atoms with E-state index in [0.29, 0.717) is 11.1 Å². The lowest BCUT2D eigenvalue weighted by molar-refractivity contribution is 0.0945. The summed E-state index contributed by atoms with van der Waals surface area (Å²) < 4.78 is 0. The van der Waals surface area contributed by atoms with Crippen molar-refractivity contribution in [3.05, 3.63) is 88.5 Å². The summed E-state index contributed by atoms with van der Waals surface area (Å²) in [5, 5.41) is 4.57. The highest BCUT2D eigenvalue weighted by atomic mass is 16.2. The number of benzene rings is 3. The number of carbonyl (C=O) groups is 2. The van der Waals surface area contributed by atoms with Crippen LogP contribution < -0.4 is 5.32 Å². The molecule has 0 saturated carbocycles. The highest BCUT2D eigenvalue weighted by Gasteiger charge is 2.39. The van der Waals surface area contributed by atoms with Gasteiger partial charge >= 0.3 is 0 Å². The molecule has 3 aromatic rings. The van der Waals surface area contributed by atoms with Gasteiger partial charge in [0.15, 0.2) is 5.78 Å². The molecule has 1 aliphatic carbocycles. The molecule has 4 rings (SSSR count). The Bertz CT molecular complexity index is 1110. The van der Waals surface area contributed by atoms with Gasteiger partial charge in [0.25, 0.3) is 5.91 Å². The number of hydrogen-bond acceptors (Lipinski definition) is 2. The lowest BCUT2D eigenvalue weighted by Gasteiger charge is -2.29. The van der Waals surface area contributed by atoms with Crippen molar-refractivity contribution >= 4 is 28.5 Å². The molecular weight excluding hydrogens is 334 g/mol. The quantitative estimate of drug-likeness (QED) is 0.690. The number of allylic oxidation sites excluding steroid dienone is 1. The van der Waals surface area contributed by atoms with Crippen LogP contribution in [0.15, 0.2) is 60.7 Å². The summed E-state index contributed by atoms with van der Waals surface area (Å²) >= 11 is 0. The SMILES string of the molecule is CNC(=O)c1c2c(c3ccccc3c1C(C)=O)C=CC2(C)c1ccccc1. The Kier molecular flexibility index (Phi) is 3.96. The highest BCUT2D eigenvalue weighted by Crippen LogP contribution is 2.47. The highest BCUT2D eigenvalue weighted by molar-refractivity contribution is 6.19. The molecule has 0 heterocycles. The van der Waals surface area contributed by atoms with Crippen LogP contribution in [0.25, 0.3) is 16.8 Å². The van der Waals surface area contributed by atoms with Crippen LogP contribution >= 0.6 is 0 Å². The zero-order valence-electron chi connectivity index (χ0n) is 15.7. The average Bonchev–Trinajstić information content (AvgIpc) is 3.05. The van der Waals surface area contributed by atoms with Crippen LogP contribution in [-0.4, -0.2) is 18.7 Å². The van der Waals surface area contributed by atoms with Gasteiger partial charge in [0.2, 0.25) is 0 Å². The molecule has 0 aliphatic heterocycles. The minimum atomic E-state index is -0.479. The Labute approximate surface area is 158 Å². The molecule has 3 nitrogen and oxygen atoms in total. The van der Waals surface area contributed by atoms with Gasteiger partial charge in [-0.15, -0.1) is 0 Å². The van der Waals surface area contributed by atoms with Gasteiger partial charge in [-0.1, -0.05) is 66.7 Å². The van der Waals surface area contributed by atoms with E-state index in [1.807, 2.05) is 42.5 Å². The number of amides is 1. The molecule has 3 heteroatoms. The molecule has 0 radical (unpaired) electrons. The van der Waals surface area contributed by atoms with Gasteiger partial charge in [-0.25, -0.2) is 0 Å². The van der Waals surface area contributed by atoms with Crippen LogP contribution in [0.2, 0.25) is 0 Å². The molecule has 0 saturated heterocycles. The number of carbonyl (C=O) groups excluding carboxylic acids is 2. The maximum absolute atomic E-state index is 13.0. The van der Waals surface area contributed by atoms with Gasteiger partial charge in [-0.05, 0) is 41.3 Å². The van der Waals surface area contributed by atoms with Gasteiger partial charge in [-0.2, -0.15) is 0 Å². The Hall–Kier alpha value is -3.20. The number of rotatable bonds is 3. The lowest BCUT2D eigenvalue weighted by atomic mass is 9.73. The van der Waals surface area contributed by atoms with Gasteiger partial charge in [0.05, 0.1) is 5.56 Å². The topological polar surface area (TPSA) is 46.2 Å². The number of ketones is 1. The van der Waals surface area contributed by atoms with E-state index in [9.17, 15) is 9.59 Å². The fourth-order valence-corrected chi connectivity index (χ4v) is 4.25. The lowest BCUT2D eigenvalue weighted by Crippen LogP contribution is -2.29. The summed E-state index contributed by atoms with van der Waals surface area (Å²) in [6.45, 7) is 3.64. The molecule has 1 unspecified atom stereocenters. The van der Waals surface area contributed by atoms with Crippen LogP contribution in [0, 0.1) is 0 Å². The Morgan fingerprint density at radius 1 is 0.889 bits per heavy atom. The van der Waals surface area contributed by atoms with Crippen molar-refractivity contribution in [1.29, 1.82) is 0 Å². The number of Topliss-reactive ketones (excluding diaryl/α,β-unsaturated/α-hetero) is 1. The molecule has 0 aromatic heterocycles. The van der Waals surface area contributed by atoms with Gasteiger partial charge in [-0.3, -0.25) is 9.59 Å². The fraction of sp³-hybridized carbons (Fsp3) is 0.167. The van der Waals surface area contributed by atoms with E-state index in [4.69, 9.17) is 0 Å². The molecule has 27 heavy (non-hydrogen) atoms. The van der Waals surface area contributed by atoms with Crippen molar-refractivity contribution in [2.24, 2.45) is 0 Å². The molecule has 1 N–H and O–H groups in total. The minimum Gasteiger partial charge on any atom is -0.355 e. The zero-order valence-corrected chi connectivity index (χ0v) is 15.7. The second-order valence-corrected chi connectivity index (χ2v) is 7.12. The van der Waals surface area contributed by atoms with E-state index >= 15 is 0 Å². The van der Waals surface area contributed by atoms with Gasteiger partial charge in [0, 0.05) is 18.0 Å². The predicted octanol–water partition coefficient (Wildman–Crippen LogP) is 4.73. The Balaban J connectivity index is 2.20. The number of nitrogens with one attached hydrogen (secondary N) is 1. The van der Waals surface area contributed by atoms with Crippen LogP contribution in [-0.2, 0) is 5.41 Å². The minimum absolute atomic E-state index is 0.102. The monoisotopic (exact) mass is 355 g/mol. The molecule has 0 spiro atoms. The maximum Gasteiger partial charge on any atom is 0.252 e. The smallest absolute Gasteiger partial charge is 0.252 e. The van der Waals surface area contributed by atoms with Crippen LogP contribution in [0.1, 0.15) is 51.3 Å². The van der Waals surface area contributed by atoms with E-state index < -0.39 is 5.41 Å². The Morgan fingerprint density at radius 2 is 1.52 bits per heavy atom. The largest absolute Gasteiger partial charge is 0.355 e. The second kappa shape index (κ2) is 6.20. The normalized spacial score (nSPS) is 17.7. The van der Waals surface area contributed by atoms with Crippen LogP contribution in [0.3, 0.4) is 0 Å². The van der Waals surface area contributed by atoms with Crippen molar-refractivity contribution < 1.29 is 9.59 Å². The first-order valence-corrected chi connectivity index (χ1v) is 9.06. The average molecular weight is 355 g/mol. The van der Waals surface area contributed by atoms with E-state index in [2.05, 4.69) is 36.5 Å². The first-order chi connectivity index (χ1) is 13.0. The van der Waals surface area contributed by atoms with Crippen molar-refractivity contribution in [1.82, 2.24) is 5.32 Å². The van der Waals surface area contributed by atoms with Gasteiger partial charge in [0.1, 0.15) is 0 Å². The molecule has 3 aromatic carbocycles. The Morgan fingerprint density at radius 3 is 2.15 bits per heavy atom. The van der Waals surface area contributed by atoms with Crippen molar-refractivity contribution in [2.45, 2.75) is 19.3 Å². The maximum atomic E-state index is 13.0. The first-order valence-electron chi connectivity index (χ1n) is 9.06. The first kappa shape index (κ1) is 17.2. The van der Waals surface area contributed by atoms with Crippen molar-refractivity contribution in [2.75, 3.05) is 7.05 Å².